The van der Waals surface area contributed by atoms with Crippen LogP contribution < -0.4 is 16.0 Å². The summed E-state index contributed by atoms with van der Waals surface area (Å²) in [6.45, 7) is 5.51. The normalized spacial score (nSPS) is 11.6. The third-order valence-electron chi connectivity index (χ3n) is 3.03. The summed E-state index contributed by atoms with van der Waals surface area (Å²) in [5.74, 6) is 0.628. The predicted octanol–water partition coefficient (Wildman–Crippen LogP) is 2.71. The summed E-state index contributed by atoms with van der Waals surface area (Å²) in [5, 5.41) is 1.24. The number of hydrogen-bond acceptors (Lipinski definition) is 3. The van der Waals surface area contributed by atoms with Gasteiger partial charge in [-0.3, -0.25) is 4.79 Å². The van der Waals surface area contributed by atoms with Gasteiger partial charge >= 0.3 is 0 Å². The molecule has 0 saturated carbocycles. The van der Waals surface area contributed by atoms with Gasteiger partial charge in [0.05, 0.1) is 23.9 Å². The lowest BCUT2D eigenvalue weighted by atomic mass is 10.1. The summed E-state index contributed by atoms with van der Waals surface area (Å²) in [5.41, 5.74) is 7.98. The van der Waals surface area contributed by atoms with Crippen LogP contribution in [0.25, 0.3) is 16.3 Å². The van der Waals surface area contributed by atoms with E-state index in [0.717, 1.165) is 11.0 Å². The van der Waals surface area contributed by atoms with Gasteiger partial charge in [0, 0.05) is 5.39 Å². The molecule has 4 heteroatoms. The summed E-state index contributed by atoms with van der Waals surface area (Å²) in [6.07, 6.45) is 3.46. The number of fused-ring (bicyclic) bond motifs is 1. The number of aromatic amines is 1. The van der Waals surface area contributed by atoms with E-state index in [9.17, 15) is 4.79 Å². The lowest BCUT2D eigenvalue weighted by Gasteiger charge is -2.10. The minimum absolute atomic E-state index is 0.185. The Morgan fingerprint density at radius 1 is 1.42 bits per heavy atom. The first kappa shape index (κ1) is 13.0. The van der Waals surface area contributed by atoms with Crippen molar-refractivity contribution < 1.29 is 4.74 Å². The molecule has 4 nitrogen and oxygen atoms in total. The van der Waals surface area contributed by atoms with Crippen LogP contribution in [0.3, 0.4) is 0 Å². The van der Waals surface area contributed by atoms with Gasteiger partial charge in [-0.25, -0.2) is 0 Å². The molecule has 0 bridgehead atoms. The number of methoxy groups -OCH3 is 1. The maximum Gasteiger partial charge on any atom is 0.256 e. The first-order chi connectivity index (χ1) is 9.08. The minimum Gasteiger partial charge on any atom is -0.497 e. The molecule has 19 heavy (non-hydrogen) atoms. The number of nitrogen functional groups attached to an aromatic ring is 1. The van der Waals surface area contributed by atoms with Crippen LogP contribution in [0.4, 0.5) is 5.69 Å². The molecule has 0 saturated heterocycles. The standard InChI is InChI=1S/C15H16N2O2/c1-4-5-9(2)14-13(16)11-7-6-10(19-3)8-12(11)15(18)17-14/h4-8H,1,16H2,2-3H3,(H,17,18). The van der Waals surface area contributed by atoms with Crippen LogP contribution in [0.5, 0.6) is 5.75 Å². The summed E-state index contributed by atoms with van der Waals surface area (Å²) in [6, 6.07) is 5.26. The van der Waals surface area contributed by atoms with Gasteiger partial charge in [-0.2, -0.15) is 0 Å². The zero-order valence-electron chi connectivity index (χ0n) is 11.0. The largest absolute Gasteiger partial charge is 0.497 e. The molecule has 98 valence electrons. The number of anilines is 1. The van der Waals surface area contributed by atoms with Crippen LogP contribution in [-0.4, -0.2) is 12.1 Å². The Balaban J connectivity index is 2.80. The predicted molar refractivity (Wildman–Crippen MR) is 79.4 cm³/mol. The second-order valence-electron chi connectivity index (χ2n) is 4.24. The van der Waals surface area contributed by atoms with E-state index >= 15 is 0 Å². The van der Waals surface area contributed by atoms with E-state index < -0.39 is 0 Å². The molecule has 0 aliphatic rings. The number of H-pyrrole nitrogens is 1. The second-order valence-corrected chi connectivity index (χ2v) is 4.24. The highest BCUT2D eigenvalue weighted by atomic mass is 16.5. The van der Waals surface area contributed by atoms with Crippen molar-refractivity contribution in [3.8, 4) is 5.75 Å². The smallest absolute Gasteiger partial charge is 0.256 e. The molecule has 0 atom stereocenters. The van der Waals surface area contributed by atoms with Gasteiger partial charge in [-0.15, -0.1) is 0 Å². The molecule has 3 N–H and O–H groups in total. The third kappa shape index (κ3) is 2.25. The molecule has 2 rings (SSSR count). The van der Waals surface area contributed by atoms with Crippen LogP contribution in [-0.2, 0) is 0 Å². The van der Waals surface area contributed by atoms with Crippen LogP contribution in [0.15, 0.2) is 41.7 Å². The van der Waals surface area contributed by atoms with Gasteiger partial charge in [0.1, 0.15) is 5.75 Å². The van der Waals surface area contributed by atoms with Crippen molar-refractivity contribution in [2.75, 3.05) is 12.8 Å². The Morgan fingerprint density at radius 3 is 2.79 bits per heavy atom. The van der Waals surface area contributed by atoms with E-state index in [1.54, 1.807) is 37.5 Å². The summed E-state index contributed by atoms with van der Waals surface area (Å²) in [4.78, 5) is 14.9. The van der Waals surface area contributed by atoms with Gasteiger partial charge in [-0.1, -0.05) is 18.7 Å². The lowest BCUT2D eigenvalue weighted by molar-refractivity contribution is 0.415. The number of benzene rings is 1. The van der Waals surface area contributed by atoms with Crippen molar-refractivity contribution in [1.82, 2.24) is 4.98 Å². The van der Waals surface area contributed by atoms with Gasteiger partial charge < -0.3 is 15.5 Å². The average Bonchev–Trinajstić information content (AvgIpc) is 2.42. The maximum atomic E-state index is 12.1. The van der Waals surface area contributed by atoms with Gasteiger partial charge in [0.15, 0.2) is 0 Å². The van der Waals surface area contributed by atoms with E-state index in [1.165, 1.54) is 0 Å². The Labute approximate surface area is 111 Å². The lowest BCUT2D eigenvalue weighted by Crippen LogP contribution is -2.12. The second kappa shape index (κ2) is 5.02. The maximum absolute atomic E-state index is 12.1. The van der Waals surface area contributed by atoms with E-state index in [4.69, 9.17) is 10.5 Å². The van der Waals surface area contributed by atoms with Crippen molar-refractivity contribution in [3.63, 3.8) is 0 Å². The van der Waals surface area contributed by atoms with Crippen LogP contribution in [0.2, 0.25) is 0 Å². The molecular formula is C15H16N2O2. The molecule has 0 spiro atoms. The molecule has 2 aromatic rings. The zero-order chi connectivity index (χ0) is 14.0. The van der Waals surface area contributed by atoms with Crippen molar-refractivity contribution in [3.05, 3.63) is 53.0 Å². The molecular weight excluding hydrogens is 240 g/mol. The number of nitrogens with one attached hydrogen (secondary N) is 1. The van der Waals surface area contributed by atoms with E-state index in [-0.39, 0.29) is 5.56 Å². The van der Waals surface area contributed by atoms with E-state index in [1.807, 2.05) is 6.92 Å². The molecule has 0 amide bonds. The van der Waals surface area contributed by atoms with E-state index in [0.29, 0.717) is 22.5 Å². The van der Waals surface area contributed by atoms with Gasteiger partial charge in [-0.05, 0) is 30.7 Å². The van der Waals surface area contributed by atoms with Crippen LogP contribution >= 0.6 is 0 Å². The fraction of sp³-hybridized carbons (Fsp3) is 0.133. The van der Waals surface area contributed by atoms with Crippen LogP contribution in [0, 0.1) is 0 Å². The van der Waals surface area contributed by atoms with E-state index in [2.05, 4.69) is 11.6 Å². The summed E-state index contributed by atoms with van der Waals surface area (Å²) < 4.78 is 5.12. The molecule has 1 aromatic carbocycles. The fourth-order valence-electron chi connectivity index (χ4n) is 2.03. The number of rotatable bonds is 3. The fourth-order valence-corrected chi connectivity index (χ4v) is 2.03. The van der Waals surface area contributed by atoms with Crippen molar-refractivity contribution in [1.29, 1.82) is 0 Å². The Morgan fingerprint density at radius 2 is 2.16 bits per heavy atom. The zero-order valence-corrected chi connectivity index (χ0v) is 11.0. The number of nitrogens with two attached hydrogens (primary N) is 1. The van der Waals surface area contributed by atoms with Crippen molar-refractivity contribution in [2.45, 2.75) is 6.92 Å². The quantitative estimate of drug-likeness (QED) is 0.830. The highest BCUT2D eigenvalue weighted by Crippen LogP contribution is 2.27. The number of pyridine rings is 1. The first-order valence-electron chi connectivity index (χ1n) is 5.87. The monoisotopic (exact) mass is 256 g/mol. The topological polar surface area (TPSA) is 68.1 Å². The SMILES string of the molecule is C=CC=C(C)c1[nH]c(=O)c2cc(OC)ccc2c1N. The summed E-state index contributed by atoms with van der Waals surface area (Å²) in [7, 11) is 1.56. The van der Waals surface area contributed by atoms with Gasteiger partial charge in [0.2, 0.25) is 0 Å². The Bertz CT molecular complexity index is 727. The van der Waals surface area contributed by atoms with Crippen LogP contribution in [0.1, 0.15) is 12.6 Å². The highest BCUT2D eigenvalue weighted by Gasteiger charge is 2.10. The highest BCUT2D eigenvalue weighted by molar-refractivity contribution is 5.97. The third-order valence-corrected chi connectivity index (χ3v) is 3.03. The molecule has 1 heterocycles. The molecule has 0 radical (unpaired) electrons. The Hall–Kier alpha value is -2.49. The summed E-state index contributed by atoms with van der Waals surface area (Å²) >= 11 is 0. The molecule has 0 fully saturated rings. The molecule has 0 aliphatic carbocycles. The number of allylic oxidation sites excluding steroid dienone is 3. The average molecular weight is 256 g/mol. The first-order valence-corrected chi connectivity index (χ1v) is 5.87. The number of hydrogen-bond donors (Lipinski definition) is 2. The van der Waals surface area contributed by atoms with Gasteiger partial charge in [0.25, 0.3) is 5.56 Å². The molecule has 0 unspecified atom stereocenters. The number of aromatic nitrogens is 1. The molecule has 0 aliphatic heterocycles. The van der Waals surface area contributed by atoms with Crippen molar-refractivity contribution in [2.24, 2.45) is 0 Å². The van der Waals surface area contributed by atoms with Crippen molar-refractivity contribution >= 4 is 22.0 Å². The minimum atomic E-state index is -0.185. The Kier molecular flexibility index (Phi) is 3.42. The number of ether oxygens (including phenoxy) is 1. The molecule has 1 aromatic heterocycles.